The van der Waals surface area contributed by atoms with Crippen molar-refractivity contribution in [3.63, 3.8) is 0 Å². The molecule has 1 aliphatic heterocycles. The largest absolute Gasteiger partial charge is 0.490 e. The van der Waals surface area contributed by atoms with Gasteiger partial charge in [0, 0.05) is 36.4 Å². The van der Waals surface area contributed by atoms with Crippen molar-refractivity contribution in [3.05, 3.63) is 42.9 Å². The molecule has 29 heavy (non-hydrogen) atoms. The first-order chi connectivity index (χ1) is 13.7. The number of nitrogens with zero attached hydrogens (tertiary/aromatic N) is 3. The highest BCUT2D eigenvalue weighted by Crippen LogP contribution is 2.32. The summed E-state index contributed by atoms with van der Waals surface area (Å²) in [6.07, 6.45) is 5.80. The van der Waals surface area contributed by atoms with Crippen LogP contribution in [-0.4, -0.2) is 46.2 Å². The maximum Gasteiger partial charge on any atom is 0.129 e. The molecule has 0 saturated carbocycles. The lowest BCUT2D eigenvalue weighted by molar-refractivity contribution is -0.106. The molecule has 4 rings (SSSR count). The third kappa shape index (κ3) is 4.43. The van der Waals surface area contributed by atoms with E-state index >= 15 is 0 Å². The second-order valence-electron chi connectivity index (χ2n) is 9.33. The van der Waals surface area contributed by atoms with Crippen molar-refractivity contribution in [1.82, 2.24) is 20.1 Å². The fourth-order valence-electron chi connectivity index (χ4n) is 3.62. The van der Waals surface area contributed by atoms with Crippen LogP contribution < -0.4 is 10.1 Å². The van der Waals surface area contributed by atoms with Crippen LogP contribution in [0.1, 0.15) is 34.6 Å². The molecule has 0 amide bonds. The topological polar surface area (TPSA) is 61.2 Å². The first-order valence-electron chi connectivity index (χ1n) is 10.2. The monoisotopic (exact) mass is 394 g/mol. The Labute approximate surface area is 172 Å². The lowest BCUT2D eigenvalue weighted by Gasteiger charge is -2.36. The van der Waals surface area contributed by atoms with E-state index in [0.29, 0.717) is 6.61 Å². The molecule has 154 valence electrons. The van der Waals surface area contributed by atoms with Crippen molar-refractivity contribution in [1.29, 1.82) is 0 Å². The second-order valence-corrected chi connectivity index (χ2v) is 9.33. The SMILES string of the molecule is CC1(C)CNC[C@@H](COc2cc(-c3cnn(C(C)(C)C)c3)cc3ncccc23)O1. The Kier molecular flexibility index (Phi) is 5.09. The number of fused-ring (bicyclic) bond motifs is 1. The Balaban J connectivity index is 1.63. The normalized spacial score (nSPS) is 19.4. The highest BCUT2D eigenvalue weighted by Gasteiger charge is 2.28. The number of hydrogen-bond acceptors (Lipinski definition) is 5. The summed E-state index contributed by atoms with van der Waals surface area (Å²) < 4.78 is 14.4. The maximum atomic E-state index is 6.26. The minimum atomic E-state index is -0.181. The minimum Gasteiger partial charge on any atom is -0.490 e. The number of hydrogen-bond donors (Lipinski definition) is 1. The molecular weight excluding hydrogens is 364 g/mol. The Bertz CT molecular complexity index is 1000. The van der Waals surface area contributed by atoms with E-state index in [9.17, 15) is 0 Å². The quantitative estimate of drug-likeness (QED) is 0.725. The summed E-state index contributed by atoms with van der Waals surface area (Å²) in [4.78, 5) is 4.55. The molecule has 2 aromatic heterocycles. The number of aromatic nitrogens is 3. The number of benzene rings is 1. The summed E-state index contributed by atoms with van der Waals surface area (Å²) >= 11 is 0. The van der Waals surface area contributed by atoms with E-state index < -0.39 is 0 Å². The number of nitrogens with one attached hydrogen (secondary N) is 1. The predicted molar refractivity (Wildman–Crippen MR) is 115 cm³/mol. The van der Waals surface area contributed by atoms with Gasteiger partial charge in [0.25, 0.3) is 0 Å². The molecule has 1 fully saturated rings. The molecule has 0 radical (unpaired) electrons. The number of morpholine rings is 1. The molecule has 0 aliphatic carbocycles. The van der Waals surface area contributed by atoms with Crippen molar-refractivity contribution >= 4 is 10.9 Å². The fourth-order valence-corrected chi connectivity index (χ4v) is 3.62. The summed E-state index contributed by atoms with van der Waals surface area (Å²) in [7, 11) is 0. The molecule has 1 N–H and O–H groups in total. The van der Waals surface area contributed by atoms with Gasteiger partial charge in [0.05, 0.1) is 22.9 Å². The van der Waals surface area contributed by atoms with Gasteiger partial charge in [-0.3, -0.25) is 9.67 Å². The molecule has 0 unspecified atom stereocenters. The van der Waals surface area contributed by atoms with Crippen LogP contribution >= 0.6 is 0 Å². The Morgan fingerprint density at radius 1 is 1.28 bits per heavy atom. The van der Waals surface area contributed by atoms with E-state index in [4.69, 9.17) is 9.47 Å². The van der Waals surface area contributed by atoms with Crippen LogP contribution in [0.5, 0.6) is 5.75 Å². The van der Waals surface area contributed by atoms with E-state index in [0.717, 1.165) is 40.9 Å². The van der Waals surface area contributed by atoms with Crippen LogP contribution in [0.25, 0.3) is 22.0 Å². The van der Waals surface area contributed by atoms with Gasteiger partial charge in [0.1, 0.15) is 18.5 Å². The zero-order chi connectivity index (χ0) is 20.6. The minimum absolute atomic E-state index is 0.0118. The first kappa shape index (κ1) is 19.9. The van der Waals surface area contributed by atoms with E-state index in [-0.39, 0.29) is 17.2 Å². The van der Waals surface area contributed by atoms with Gasteiger partial charge in [-0.25, -0.2) is 0 Å². The van der Waals surface area contributed by atoms with Crippen LogP contribution in [0.4, 0.5) is 0 Å². The maximum absolute atomic E-state index is 6.26. The Hall–Kier alpha value is -2.44. The second kappa shape index (κ2) is 7.43. The van der Waals surface area contributed by atoms with Gasteiger partial charge in [0.2, 0.25) is 0 Å². The Morgan fingerprint density at radius 2 is 2.10 bits per heavy atom. The molecule has 3 aromatic rings. The zero-order valence-corrected chi connectivity index (χ0v) is 17.9. The van der Waals surface area contributed by atoms with Gasteiger partial charge in [-0.15, -0.1) is 0 Å². The molecule has 6 heteroatoms. The number of pyridine rings is 1. The van der Waals surface area contributed by atoms with E-state index in [1.165, 1.54) is 0 Å². The third-order valence-electron chi connectivity index (χ3n) is 5.12. The van der Waals surface area contributed by atoms with Crippen molar-refractivity contribution in [2.45, 2.75) is 51.9 Å². The highest BCUT2D eigenvalue weighted by atomic mass is 16.5. The van der Waals surface area contributed by atoms with Gasteiger partial charge < -0.3 is 14.8 Å². The van der Waals surface area contributed by atoms with E-state index in [1.807, 2.05) is 29.2 Å². The van der Waals surface area contributed by atoms with Gasteiger partial charge in [-0.05, 0) is 64.4 Å². The molecule has 0 spiro atoms. The van der Waals surface area contributed by atoms with Gasteiger partial charge in [-0.1, -0.05) is 0 Å². The van der Waals surface area contributed by atoms with E-state index in [2.05, 4.69) is 68.3 Å². The summed E-state index contributed by atoms with van der Waals surface area (Å²) in [5, 5.41) is 8.96. The smallest absolute Gasteiger partial charge is 0.129 e. The van der Waals surface area contributed by atoms with Crippen LogP contribution in [-0.2, 0) is 10.3 Å². The first-order valence-corrected chi connectivity index (χ1v) is 10.2. The number of rotatable bonds is 4. The summed E-state index contributed by atoms with van der Waals surface area (Å²) in [6.45, 7) is 12.7. The number of ether oxygens (including phenoxy) is 2. The van der Waals surface area contributed by atoms with Crippen LogP contribution in [0.3, 0.4) is 0 Å². The highest BCUT2D eigenvalue weighted by molar-refractivity contribution is 5.89. The molecule has 1 saturated heterocycles. The summed E-state index contributed by atoms with van der Waals surface area (Å²) in [6, 6.07) is 8.15. The predicted octanol–water partition coefficient (Wildman–Crippen LogP) is 4.00. The molecule has 1 atom stereocenters. The van der Waals surface area contributed by atoms with Gasteiger partial charge in [0.15, 0.2) is 0 Å². The van der Waals surface area contributed by atoms with Crippen LogP contribution in [0.2, 0.25) is 0 Å². The fraction of sp³-hybridized carbons (Fsp3) is 0.478. The van der Waals surface area contributed by atoms with Gasteiger partial charge in [-0.2, -0.15) is 5.10 Å². The standard InChI is InChI=1S/C23H30N4O2/c1-22(2,3)27-13-17(11-26-27)16-9-20-19(7-6-8-25-20)21(10-16)28-14-18-12-24-15-23(4,5)29-18/h6-11,13,18,24H,12,14-15H2,1-5H3/t18-/m0/s1. The third-order valence-corrected chi connectivity index (χ3v) is 5.12. The van der Waals surface area contributed by atoms with Crippen molar-refractivity contribution in [2.24, 2.45) is 0 Å². The van der Waals surface area contributed by atoms with Crippen molar-refractivity contribution in [2.75, 3.05) is 19.7 Å². The molecule has 6 nitrogen and oxygen atoms in total. The van der Waals surface area contributed by atoms with Crippen LogP contribution in [0.15, 0.2) is 42.9 Å². The van der Waals surface area contributed by atoms with Crippen molar-refractivity contribution in [3.8, 4) is 16.9 Å². The summed E-state index contributed by atoms with van der Waals surface area (Å²) in [5.41, 5.74) is 2.76. The molecule has 1 aliphatic rings. The average Bonchev–Trinajstić information content (AvgIpc) is 3.16. The molecule has 0 bridgehead atoms. The lowest BCUT2D eigenvalue weighted by atomic mass is 10.1. The summed E-state index contributed by atoms with van der Waals surface area (Å²) in [5.74, 6) is 0.820. The van der Waals surface area contributed by atoms with Crippen LogP contribution in [0, 0.1) is 0 Å². The zero-order valence-electron chi connectivity index (χ0n) is 17.9. The van der Waals surface area contributed by atoms with Gasteiger partial charge >= 0.3 is 0 Å². The van der Waals surface area contributed by atoms with E-state index in [1.54, 1.807) is 0 Å². The molecule has 3 heterocycles. The Morgan fingerprint density at radius 3 is 2.83 bits per heavy atom. The van der Waals surface area contributed by atoms with Crippen molar-refractivity contribution < 1.29 is 9.47 Å². The lowest BCUT2D eigenvalue weighted by Crippen LogP contribution is -2.52. The average molecular weight is 395 g/mol. The molecular formula is C23H30N4O2. The molecule has 1 aromatic carbocycles.